The van der Waals surface area contributed by atoms with Gasteiger partial charge in [-0.1, -0.05) is 24.3 Å². The Labute approximate surface area is 576 Å². The van der Waals surface area contributed by atoms with Gasteiger partial charge in [-0.3, -0.25) is 33.8 Å². The van der Waals surface area contributed by atoms with Crippen LogP contribution in [0.3, 0.4) is 0 Å². The SMILES string of the molecule is Cc1cc(C(=O)CCC(F)(F)F)ccc1-c1cc(N)c2cnc(NC(=O)C3CC3C#N)cc2c1.Cc1cc(C(=O)CCC(F)(F)F)ccc1-c1cc(N)c2cnc(NC(=O)[C@H]3C[C@@H]3C#N)cc2c1.Cc1cc(C(=O)CCC(F)(F)F)ncc1-c1cc(N)c2cnc(NC(=O)[C@@H]3C[C@H]3C#N)cc2c1. The second-order valence-corrected chi connectivity index (χ2v) is 25.3. The number of nitrogens with one attached hydrogen (secondary N) is 3. The third-order valence-corrected chi connectivity index (χ3v) is 17.6. The van der Waals surface area contributed by atoms with Crippen molar-refractivity contribution >= 4 is 102 Å². The van der Waals surface area contributed by atoms with Crippen LogP contribution in [0.2, 0.25) is 0 Å². The molecule has 5 aromatic carbocycles. The van der Waals surface area contributed by atoms with Crippen LogP contribution in [0.1, 0.15) is 106 Å². The molecule has 3 fully saturated rings. The molecule has 12 rings (SSSR count). The lowest BCUT2D eigenvalue weighted by molar-refractivity contribution is -0.134. The van der Waals surface area contributed by atoms with Gasteiger partial charge in [0.1, 0.15) is 23.1 Å². The zero-order valence-electron chi connectivity index (χ0n) is 54.6. The summed E-state index contributed by atoms with van der Waals surface area (Å²) in [6, 6.07) is 33.1. The lowest BCUT2D eigenvalue weighted by atomic mass is 9.94. The molecule has 522 valence electrons. The number of benzene rings is 5. The van der Waals surface area contributed by atoms with E-state index in [0.29, 0.717) is 92.0 Å². The highest BCUT2D eigenvalue weighted by Gasteiger charge is 2.45. The molecule has 0 spiro atoms. The molecule has 28 heteroatoms. The molecule has 0 saturated heterocycles. The maximum atomic E-state index is 12.4. The van der Waals surface area contributed by atoms with Crippen LogP contribution in [0.5, 0.6) is 0 Å². The number of pyridine rings is 4. The van der Waals surface area contributed by atoms with Gasteiger partial charge in [0.2, 0.25) is 17.7 Å². The minimum atomic E-state index is -4.41. The first kappa shape index (κ1) is 72.9. The highest BCUT2D eigenvalue weighted by Crippen LogP contribution is 2.42. The van der Waals surface area contributed by atoms with Gasteiger partial charge >= 0.3 is 18.5 Å². The number of aryl methyl sites for hydroxylation is 3. The molecule has 9 N–H and O–H groups in total. The number of rotatable bonds is 18. The standard InChI is InChI=1S/2C25H21F3N4O2.C24H20F3N5O2/c2*1-13-6-14(22(33)4-5-25(26,27)28)2-3-18(13)15-7-16-10-23(31-12-20(16)21(30)9-15)32-24(34)19-8-17(19)11-29;1-12-4-20(21(33)2-3-24(25,26)27)30-10-17(12)13-5-14-8-22(31-11-18(14)19(29)7-13)32-23(34)16-6-15(16)9-28/h2*2-3,6-7,9-10,12,17,19H,4-5,8,30H2,1H3,(H,31,32,34);4-5,7-8,10-11,15-16H,2-3,6,29H2,1H3,(H,31,32,34)/t17-,19+;;15-,16+/m1.0/s1. The summed E-state index contributed by atoms with van der Waals surface area (Å²) < 4.78 is 112. The lowest BCUT2D eigenvalue weighted by Gasteiger charge is -2.12. The molecule has 19 nitrogen and oxygen atoms in total. The number of nitrogen functional groups attached to an aromatic ring is 3. The Morgan fingerprint density at radius 3 is 1.03 bits per heavy atom. The van der Waals surface area contributed by atoms with Crippen LogP contribution in [-0.2, 0) is 14.4 Å². The van der Waals surface area contributed by atoms with Crippen molar-refractivity contribution < 1.29 is 68.3 Å². The van der Waals surface area contributed by atoms with Gasteiger partial charge < -0.3 is 33.2 Å². The van der Waals surface area contributed by atoms with Gasteiger partial charge in [0.05, 0.1) is 73.0 Å². The summed E-state index contributed by atoms with van der Waals surface area (Å²) in [7, 11) is 0. The quantitative estimate of drug-likeness (QED) is 0.0264. The van der Waals surface area contributed by atoms with Crippen molar-refractivity contribution in [3.05, 3.63) is 155 Å². The van der Waals surface area contributed by atoms with Crippen molar-refractivity contribution in [2.75, 3.05) is 33.2 Å². The van der Waals surface area contributed by atoms with Crippen molar-refractivity contribution in [1.29, 1.82) is 15.8 Å². The summed E-state index contributed by atoms with van der Waals surface area (Å²) in [4.78, 5) is 89.9. The van der Waals surface area contributed by atoms with E-state index in [9.17, 15) is 68.3 Å². The van der Waals surface area contributed by atoms with E-state index in [1.807, 2.05) is 18.2 Å². The predicted molar refractivity (Wildman–Crippen MR) is 363 cm³/mol. The number of alkyl halides is 9. The first-order valence-corrected chi connectivity index (χ1v) is 31.8. The van der Waals surface area contributed by atoms with Crippen LogP contribution in [0, 0.1) is 90.3 Å². The minimum absolute atomic E-state index is 0.0239. The van der Waals surface area contributed by atoms with Crippen LogP contribution in [0.4, 0.5) is 74.0 Å². The number of Topliss-reactive ketones (excluding diaryl/α,β-unsaturated/α-hetero) is 3. The van der Waals surface area contributed by atoms with E-state index in [-0.39, 0.29) is 70.0 Å². The molecular weight excluding hydrogens is 1340 g/mol. The van der Waals surface area contributed by atoms with Gasteiger partial charge in [-0.15, -0.1) is 0 Å². The number of carbonyl (C=O) groups excluding carboxylic acids is 6. The average Bonchev–Trinajstić information content (AvgIpc) is 0.970. The van der Waals surface area contributed by atoms with Crippen molar-refractivity contribution in [3.8, 4) is 51.6 Å². The van der Waals surface area contributed by atoms with E-state index in [1.165, 1.54) is 24.4 Å². The second kappa shape index (κ2) is 29.5. The molecule has 3 saturated carbocycles. The Morgan fingerprint density at radius 2 is 0.735 bits per heavy atom. The molecule has 3 aliphatic rings. The molecule has 6 atom stereocenters. The number of nitriles is 3. The first-order chi connectivity index (χ1) is 48.2. The molecule has 0 radical (unpaired) electrons. The van der Waals surface area contributed by atoms with Crippen LogP contribution in [0.25, 0.3) is 65.7 Å². The molecule has 0 bridgehead atoms. The normalized spacial score (nSPS) is 17.3. The largest absolute Gasteiger partial charge is 0.398 e. The second-order valence-electron chi connectivity index (χ2n) is 25.3. The fraction of sp³-hybridized carbons (Fsp3) is 0.284. The molecule has 0 aliphatic heterocycles. The number of nitrogens with two attached hydrogens (primary N) is 3. The number of carbonyl (C=O) groups is 6. The zero-order valence-corrected chi connectivity index (χ0v) is 54.6. The highest BCUT2D eigenvalue weighted by molar-refractivity contribution is 6.05. The van der Waals surface area contributed by atoms with Crippen molar-refractivity contribution in [2.24, 2.45) is 35.5 Å². The molecule has 3 amide bonds. The van der Waals surface area contributed by atoms with Crippen LogP contribution < -0.4 is 33.2 Å². The van der Waals surface area contributed by atoms with Crippen molar-refractivity contribution in [2.45, 2.75) is 97.1 Å². The Morgan fingerprint density at radius 1 is 0.422 bits per heavy atom. The summed E-state index contributed by atoms with van der Waals surface area (Å²) >= 11 is 0. The highest BCUT2D eigenvalue weighted by atomic mass is 19.4. The van der Waals surface area contributed by atoms with Crippen LogP contribution in [0.15, 0.2) is 122 Å². The molecule has 2 unspecified atom stereocenters. The summed E-state index contributed by atoms with van der Waals surface area (Å²) in [5.74, 6) is -3.27. The van der Waals surface area contributed by atoms with E-state index < -0.39 is 74.4 Å². The number of hydrogen-bond donors (Lipinski definition) is 6. The van der Waals surface area contributed by atoms with E-state index in [1.54, 1.807) is 100 Å². The van der Waals surface area contributed by atoms with Gasteiger partial charge in [0, 0.05) is 94.0 Å². The average molecular weight is 1400 g/mol. The van der Waals surface area contributed by atoms with Gasteiger partial charge in [-0.05, 0) is 173 Å². The summed E-state index contributed by atoms with van der Waals surface area (Å²) in [6.45, 7) is 5.28. The molecular formula is C74H62F9N13O6. The van der Waals surface area contributed by atoms with E-state index in [0.717, 1.165) is 44.2 Å². The van der Waals surface area contributed by atoms with Crippen molar-refractivity contribution in [1.82, 2.24) is 19.9 Å². The Balaban J connectivity index is 0.000000165. The number of nitrogens with zero attached hydrogens (tertiary/aromatic N) is 7. The predicted octanol–water partition coefficient (Wildman–Crippen LogP) is 15.6. The smallest absolute Gasteiger partial charge is 0.389 e. The molecule has 3 aliphatic carbocycles. The first-order valence-electron chi connectivity index (χ1n) is 31.8. The number of hydrogen-bond acceptors (Lipinski definition) is 16. The summed E-state index contributed by atoms with van der Waals surface area (Å²) in [5, 5.41) is 39.1. The maximum Gasteiger partial charge on any atom is 0.389 e. The van der Waals surface area contributed by atoms with E-state index >= 15 is 0 Å². The Hall–Kier alpha value is -11.9. The summed E-state index contributed by atoms with van der Waals surface area (Å²) in [5.41, 5.74) is 27.0. The molecule has 102 heavy (non-hydrogen) atoms. The fourth-order valence-electron chi connectivity index (χ4n) is 11.6. The molecule has 9 aromatic rings. The zero-order chi connectivity index (χ0) is 73.9. The Bertz CT molecular complexity index is 4530. The van der Waals surface area contributed by atoms with Gasteiger partial charge in [-0.2, -0.15) is 55.3 Å². The van der Waals surface area contributed by atoms with Crippen molar-refractivity contribution in [3.63, 3.8) is 0 Å². The fourth-order valence-corrected chi connectivity index (χ4v) is 11.6. The molecule has 4 heterocycles. The number of ketones is 3. The number of aromatic nitrogens is 4. The Kier molecular flexibility index (Phi) is 21.1. The van der Waals surface area contributed by atoms with Crippen LogP contribution in [-0.4, -0.2) is 73.5 Å². The van der Waals surface area contributed by atoms with E-state index in [2.05, 4.69) is 54.1 Å². The lowest BCUT2D eigenvalue weighted by Crippen LogP contribution is -2.15. The monoisotopic (exact) mass is 1400 g/mol. The molecule has 4 aromatic heterocycles. The van der Waals surface area contributed by atoms with Gasteiger partial charge in [0.15, 0.2) is 17.3 Å². The van der Waals surface area contributed by atoms with Gasteiger partial charge in [-0.25, -0.2) is 15.0 Å². The number of anilines is 6. The third-order valence-electron chi connectivity index (χ3n) is 17.6. The minimum Gasteiger partial charge on any atom is -0.398 e. The number of halogens is 9. The third kappa shape index (κ3) is 18.1. The number of amides is 3. The van der Waals surface area contributed by atoms with Crippen LogP contribution >= 0.6 is 0 Å². The van der Waals surface area contributed by atoms with Gasteiger partial charge in [0.25, 0.3) is 0 Å². The summed E-state index contributed by atoms with van der Waals surface area (Å²) in [6.07, 6.45) is -10.8. The topological polar surface area (TPSA) is 339 Å². The number of fused-ring (bicyclic) bond motifs is 3. The van der Waals surface area contributed by atoms with E-state index in [4.69, 9.17) is 33.0 Å². The maximum absolute atomic E-state index is 12.4.